The zero-order valence-electron chi connectivity index (χ0n) is 11.0. The summed E-state index contributed by atoms with van der Waals surface area (Å²) in [6, 6.07) is 4.44. The van der Waals surface area contributed by atoms with Crippen molar-refractivity contribution in [1.29, 1.82) is 0 Å². The average Bonchev–Trinajstić information content (AvgIpc) is 2.73. The van der Waals surface area contributed by atoms with Gasteiger partial charge in [0.25, 0.3) is 0 Å². The van der Waals surface area contributed by atoms with Crippen molar-refractivity contribution in [3.8, 4) is 10.6 Å². The lowest BCUT2D eigenvalue weighted by atomic mass is 10.2. The number of benzene rings is 1. The molecular formula is C14H16ClFN2S. The molecule has 0 aliphatic carbocycles. The third kappa shape index (κ3) is 3.32. The number of hydrogen-bond acceptors (Lipinski definition) is 3. The summed E-state index contributed by atoms with van der Waals surface area (Å²) in [5.41, 5.74) is 1.91. The topological polar surface area (TPSA) is 24.9 Å². The fourth-order valence-electron chi connectivity index (χ4n) is 1.89. The lowest BCUT2D eigenvalue weighted by Gasteiger charge is -1.99. The van der Waals surface area contributed by atoms with Crippen molar-refractivity contribution in [2.24, 2.45) is 0 Å². The Bertz CT molecular complexity index is 545. The minimum atomic E-state index is -0.325. The van der Waals surface area contributed by atoms with Gasteiger partial charge >= 0.3 is 0 Å². The van der Waals surface area contributed by atoms with Crippen molar-refractivity contribution in [1.82, 2.24) is 10.3 Å². The molecule has 0 saturated carbocycles. The van der Waals surface area contributed by atoms with Gasteiger partial charge in [0.15, 0.2) is 0 Å². The normalized spacial score (nSPS) is 10.9. The van der Waals surface area contributed by atoms with Gasteiger partial charge in [0.05, 0.1) is 10.7 Å². The van der Waals surface area contributed by atoms with Crippen molar-refractivity contribution >= 4 is 22.9 Å². The molecule has 0 saturated heterocycles. The van der Waals surface area contributed by atoms with E-state index in [9.17, 15) is 4.39 Å². The summed E-state index contributed by atoms with van der Waals surface area (Å²) in [5, 5.41) is 4.42. The molecule has 1 aromatic heterocycles. The highest BCUT2D eigenvalue weighted by Gasteiger charge is 2.14. The summed E-state index contributed by atoms with van der Waals surface area (Å²) in [4.78, 5) is 5.87. The first-order valence-corrected chi connectivity index (χ1v) is 7.43. The van der Waals surface area contributed by atoms with Crippen LogP contribution in [0.1, 0.15) is 23.9 Å². The Labute approximate surface area is 121 Å². The van der Waals surface area contributed by atoms with E-state index in [1.54, 1.807) is 17.4 Å². The minimum Gasteiger partial charge on any atom is -0.315 e. The third-order valence-electron chi connectivity index (χ3n) is 2.76. The molecule has 102 valence electrons. The number of nitrogens with zero attached hydrogens (tertiary/aromatic N) is 1. The maximum Gasteiger partial charge on any atom is 0.125 e. The number of hydrogen-bond donors (Lipinski definition) is 1. The maximum absolute atomic E-state index is 13.1. The molecule has 5 heteroatoms. The van der Waals surface area contributed by atoms with E-state index in [1.807, 2.05) is 7.05 Å². The predicted octanol–water partition coefficient (Wildman–Crippen LogP) is 4.27. The van der Waals surface area contributed by atoms with Crippen LogP contribution >= 0.6 is 22.9 Å². The van der Waals surface area contributed by atoms with E-state index in [4.69, 9.17) is 11.6 Å². The quantitative estimate of drug-likeness (QED) is 0.891. The lowest BCUT2D eigenvalue weighted by molar-refractivity contribution is 0.628. The van der Waals surface area contributed by atoms with Crippen LogP contribution in [0.4, 0.5) is 4.39 Å². The van der Waals surface area contributed by atoms with E-state index in [0.29, 0.717) is 5.02 Å². The first-order chi connectivity index (χ1) is 9.15. The smallest absolute Gasteiger partial charge is 0.125 e. The number of thiazole rings is 1. The molecular weight excluding hydrogens is 283 g/mol. The van der Waals surface area contributed by atoms with Gasteiger partial charge in [-0.3, -0.25) is 0 Å². The Hall–Kier alpha value is -0.970. The standard InChI is InChI=1S/C14H16ClFN2S/c1-3-4-12-13(8-17-2)19-14(18-12)10-6-5-9(16)7-11(10)15/h5-7,17H,3-4,8H2,1-2H3. The summed E-state index contributed by atoms with van der Waals surface area (Å²) >= 11 is 7.71. The van der Waals surface area contributed by atoms with Crippen molar-refractivity contribution in [2.75, 3.05) is 7.05 Å². The molecule has 2 rings (SSSR count). The van der Waals surface area contributed by atoms with Crippen LogP contribution in [0, 0.1) is 5.82 Å². The lowest BCUT2D eigenvalue weighted by Crippen LogP contribution is -2.05. The van der Waals surface area contributed by atoms with Crippen molar-refractivity contribution in [2.45, 2.75) is 26.3 Å². The molecule has 0 fully saturated rings. The predicted molar refractivity (Wildman–Crippen MR) is 79.3 cm³/mol. The third-order valence-corrected chi connectivity index (χ3v) is 4.21. The van der Waals surface area contributed by atoms with Crippen LogP contribution in [0.25, 0.3) is 10.6 Å². The molecule has 0 radical (unpaired) electrons. The van der Waals surface area contributed by atoms with Gasteiger partial charge in [-0.2, -0.15) is 0 Å². The van der Waals surface area contributed by atoms with E-state index in [2.05, 4.69) is 17.2 Å². The molecule has 1 heterocycles. The van der Waals surface area contributed by atoms with Crippen LogP contribution in [0.5, 0.6) is 0 Å². The molecule has 0 spiro atoms. The van der Waals surface area contributed by atoms with Crippen LogP contribution in [0.3, 0.4) is 0 Å². The first kappa shape index (κ1) is 14.4. The molecule has 2 aromatic rings. The molecule has 0 aliphatic rings. The summed E-state index contributed by atoms with van der Waals surface area (Å²) in [7, 11) is 1.92. The van der Waals surface area contributed by atoms with E-state index >= 15 is 0 Å². The van der Waals surface area contributed by atoms with Gasteiger partial charge < -0.3 is 5.32 Å². The zero-order chi connectivity index (χ0) is 13.8. The molecule has 19 heavy (non-hydrogen) atoms. The fourth-order valence-corrected chi connectivity index (χ4v) is 3.36. The fraction of sp³-hybridized carbons (Fsp3) is 0.357. The summed E-state index contributed by atoms with van der Waals surface area (Å²) in [6.45, 7) is 2.93. The Morgan fingerprint density at radius 3 is 2.84 bits per heavy atom. The number of aromatic nitrogens is 1. The second kappa shape index (κ2) is 6.46. The van der Waals surface area contributed by atoms with E-state index in [1.165, 1.54) is 17.0 Å². The SMILES string of the molecule is CCCc1nc(-c2ccc(F)cc2Cl)sc1CNC. The van der Waals surface area contributed by atoms with Gasteiger partial charge in [0, 0.05) is 17.0 Å². The van der Waals surface area contributed by atoms with Gasteiger partial charge in [-0.1, -0.05) is 24.9 Å². The van der Waals surface area contributed by atoms with Crippen LogP contribution in [-0.2, 0) is 13.0 Å². The Morgan fingerprint density at radius 1 is 1.42 bits per heavy atom. The van der Waals surface area contributed by atoms with Crippen LogP contribution in [0.15, 0.2) is 18.2 Å². The highest BCUT2D eigenvalue weighted by molar-refractivity contribution is 7.15. The molecule has 0 aliphatic heterocycles. The average molecular weight is 299 g/mol. The van der Waals surface area contributed by atoms with E-state index < -0.39 is 0 Å². The Morgan fingerprint density at radius 2 is 2.21 bits per heavy atom. The summed E-state index contributed by atoms with van der Waals surface area (Å²) < 4.78 is 13.1. The monoisotopic (exact) mass is 298 g/mol. The van der Waals surface area contributed by atoms with Crippen LogP contribution in [-0.4, -0.2) is 12.0 Å². The van der Waals surface area contributed by atoms with Crippen LogP contribution < -0.4 is 5.32 Å². The van der Waals surface area contributed by atoms with E-state index in [0.717, 1.165) is 35.7 Å². The van der Waals surface area contributed by atoms with Gasteiger partial charge in [-0.05, 0) is 31.7 Å². The molecule has 0 atom stereocenters. The van der Waals surface area contributed by atoms with Crippen molar-refractivity contribution in [3.63, 3.8) is 0 Å². The maximum atomic E-state index is 13.1. The van der Waals surface area contributed by atoms with Gasteiger partial charge in [-0.25, -0.2) is 9.37 Å². The Balaban J connectivity index is 2.41. The van der Waals surface area contributed by atoms with Gasteiger partial charge in [-0.15, -0.1) is 11.3 Å². The molecule has 2 nitrogen and oxygen atoms in total. The van der Waals surface area contributed by atoms with Crippen LogP contribution in [0.2, 0.25) is 5.02 Å². The molecule has 1 N–H and O–H groups in total. The largest absolute Gasteiger partial charge is 0.315 e. The minimum absolute atomic E-state index is 0.325. The highest BCUT2D eigenvalue weighted by atomic mass is 35.5. The van der Waals surface area contributed by atoms with Crippen molar-refractivity contribution < 1.29 is 4.39 Å². The number of nitrogens with one attached hydrogen (secondary N) is 1. The van der Waals surface area contributed by atoms with Gasteiger partial charge in [0.1, 0.15) is 10.8 Å². The zero-order valence-corrected chi connectivity index (χ0v) is 12.5. The first-order valence-electron chi connectivity index (χ1n) is 6.24. The number of rotatable bonds is 5. The summed E-state index contributed by atoms with van der Waals surface area (Å²) in [6.07, 6.45) is 2.00. The summed E-state index contributed by atoms with van der Waals surface area (Å²) in [5.74, 6) is -0.325. The van der Waals surface area contributed by atoms with Gasteiger partial charge in [0.2, 0.25) is 0 Å². The second-order valence-electron chi connectivity index (χ2n) is 4.29. The molecule has 1 aromatic carbocycles. The molecule has 0 unspecified atom stereocenters. The van der Waals surface area contributed by atoms with Crippen molar-refractivity contribution in [3.05, 3.63) is 39.6 Å². The van der Waals surface area contributed by atoms with E-state index in [-0.39, 0.29) is 5.82 Å². The molecule has 0 amide bonds. The number of aryl methyl sites for hydroxylation is 1. The highest BCUT2D eigenvalue weighted by Crippen LogP contribution is 2.33. The second-order valence-corrected chi connectivity index (χ2v) is 5.78. The Kier molecular flexibility index (Phi) is 4.91. The number of halogens is 2. The molecule has 0 bridgehead atoms.